The second kappa shape index (κ2) is 11.3. The Morgan fingerprint density at radius 2 is 1.62 bits per heavy atom. The highest BCUT2D eigenvalue weighted by molar-refractivity contribution is 6.29. The molecule has 2 aliphatic rings. The van der Waals surface area contributed by atoms with Gasteiger partial charge in [0.15, 0.2) is 0 Å². The molecular weight excluding hydrogens is 552 g/mol. The van der Waals surface area contributed by atoms with Crippen LogP contribution in [-0.4, -0.2) is 43.1 Å². The molecule has 3 aromatic carbocycles. The van der Waals surface area contributed by atoms with Crippen LogP contribution in [0.15, 0.2) is 79.0 Å². The molecule has 2 amide bonds. The molecule has 1 aromatic heterocycles. The van der Waals surface area contributed by atoms with Crippen molar-refractivity contribution < 1.29 is 14.3 Å². The third-order valence-corrected chi connectivity index (χ3v) is 7.81. The van der Waals surface area contributed by atoms with Crippen molar-refractivity contribution in [3.8, 4) is 0 Å². The maximum Gasteiger partial charge on any atom is 0.257 e. The number of rotatable bonds is 6. The number of anilines is 7. The first-order valence-corrected chi connectivity index (χ1v) is 14.1. The number of halogens is 1. The number of pyridine rings is 1. The number of morpholine rings is 1. The highest BCUT2D eigenvalue weighted by Crippen LogP contribution is 2.37. The summed E-state index contributed by atoms with van der Waals surface area (Å²) in [6.45, 7) is 6.89. The van der Waals surface area contributed by atoms with E-state index in [1.165, 1.54) is 0 Å². The quantitative estimate of drug-likeness (QED) is 0.191. The van der Waals surface area contributed by atoms with E-state index in [1.54, 1.807) is 18.3 Å². The van der Waals surface area contributed by atoms with E-state index in [0.717, 1.165) is 60.3 Å². The second-order valence-corrected chi connectivity index (χ2v) is 11.2. The minimum atomic E-state index is -0.870. The Labute approximate surface area is 249 Å². The average molecular weight is 583 g/mol. The van der Waals surface area contributed by atoms with Crippen LogP contribution in [0, 0.1) is 0 Å². The summed E-state index contributed by atoms with van der Waals surface area (Å²) in [5, 5.41) is 13.1. The minimum Gasteiger partial charge on any atom is -0.378 e. The molecule has 6 rings (SSSR count). The number of carbonyl (C=O) groups excluding carboxylic acids is 2. The van der Waals surface area contributed by atoms with Gasteiger partial charge in [0, 0.05) is 42.0 Å². The van der Waals surface area contributed by atoms with Crippen LogP contribution in [0.4, 0.5) is 39.8 Å². The summed E-state index contributed by atoms with van der Waals surface area (Å²) in [6, 6.07) is 22.5. The number of nitrogens with one attached hydrogen (secondary N) is 4. The van der Waals surface area contributed by atoms with Gasteiger partial charge in [0.05, 0.1) is 41.3 Å². The third-order valence-electron chi connectivity index (χ3n) is 7.61. The zero-order valence-electron chi connectivity index (χ0n) is 23.3. The normalized spacial score (nSPS) is 14.5. The van der Waals surface area contributed by atoms with Crippen molar-refractivity contribution >= 4 is 63.2 Å². The number of fused-ring (bicyclic) bond motifs is 2. The zero-order chi connectivity index (χ0) is 29.3. The van der Waals surface area contributed by atoms with E-state index >= 15 is 0 Å². The Hall–Kier alpha value is -4.60. The van der Waals surface area contributed by atoms with Gasteiger partial charge in [-0.2, -0.15) is 0 Å². The van der Waals surface area contributed by atoms with Gasteiger partial charge in [0.2, 0.25) is 5.91 Å². The zero-order valence-corrected chi connectivity index (χ0v) is 24.1. The summed E-state index contributed by atoms with van der Waals surface area (Å²) < 4.78 is 5.44. The van der Waals surface area contributed by atoms with E-state index in [4.69, 9.17) is 16.3 Å². The van der Waals surface area contributed by atoms with E-state index in [-0.39, 0.29) is 11.8 Å². The van der Waals surface area contributed by atoms with Gasteiger partial charge in [-0.15, -0.1) is 0 Å². The fraction of sp³-hybridized carbons (Fsp3) is 0.219. The summed E-state index contributed by atoms with van der Waals surface area (Å²) in [7, 11) is 0. The van der Waals surface area contributed by atoms with Crippen LogP contribution < -0.4 is 26.2 Å². The van der Waals surface area contributed by atoms with Gasteiger partial charge in [-0.25, -0.2) is 4.98 Å². The van der Waals surface area contributed by atoms with Crippen molar-refractivity contribution in [2.24, 2.45) is 0 Å². The smallest absolute Gasteiger partial charge is 0.257 e. The molecule has 0 radical (unpaired) electrons. The lowest BCUT2D eigenvalue weighted by Gasteiger charge is -2.29. The van der Waals surface area contributed by atoms with Crippen LogP contribution in [0.5, 0.6) is 0 Å². The average Bonchev–Trinajstić information content (AvgIpc) is 3.12. The highest BCUT2D eigenvalue weighted by atomic mass is 35.5. The maximum atomic E-state index is 13.4. The molecule has 214 valence electrons. The van der Waals surface area contributed by atoms with Crippen LogP contribution in [0.25, 0.3) is 0 Å². The first kappa shape index (κ1) is 27.6. The van der Waals surface area contributed by atoms with Gasteiger partial charge in [0.1, 0.15) is 5.15 Å². The van der Waals surface area contributed by atoms with E-state index in [0.29, 0.717) is 22.1 Å². The Bertz CT molecular complexity index is 1650. The lowest BCUT2D eigenvalue weighted by atomic mass is 9.83. The predicted molar refractivity (Wildman–Crippen MR) is 168 cm³/mol. The van der Waals surface area contributed by atoms with E-state index in [9.17, 15) is 9.59 Å². The SMILES string of the molecule is CC(C)(C(=O)Nc1ccc(N2CCOCC2)cc1)c1ccc2c(c1)NC(=O)c1ccc(Nc3ccnc(Cl)c3)cc1N2. The number of benzene rings is 3. The van der Waals surface area contributed by atoms with Crippen LogP contribution >= 0.6 is 11.6 Å². The van der Waals surface area contributed by atoms with Crippen LogP contribution in [0.3, 0.4) is 0 Å². The highest BCUT2D eigenvalue weighted by Gasteiger charge is 2.31. The van der Waals surface area contributed by atoms with Gasteiger partial charge in [-0.1, -0.05) is 17.7 Å². The summed E-state index contributed by atoms with van der Waals surface area (Å²) in [4.78, 5) is 32.9. The summed E-state index contributed by atoms with van der Waals surface area (Å²) in [6.07, 6.45) is 1.62. The molecule has 3 heterocycles. The van der Waals surface area contributed by atoms with Crippen LogP contribution in [-0.2, 0) is 14.9 Å². The van der Waals surface area contributed by atoms with Crippen molar-refractivity contribution in [3.63, 3.8) is 0 Å². The van der Waals surface area contributed by atoms with Crippen molar-refractivity contribution in [1.82, 2.24) is 4.98 Å². The number of carbonyl (C=O) groups is 2. The molecular formula is C32H31ClN6O3. The fourth-order valence-corrected chi connectivity index (χ4v) is 5.22. The monoisotopic (exact) mass is 582 g/mol. The van der Waals surface area contributed by atoms with Gasteiger partial charge in [-0.05, 0) is 86.1 Å². The number of aromatic nitrogens is 1. The predicted octanol–water partition coefficient (Wildman–Crippen LogP) is 6.54. The lowest BCUT2D eigenvalue weighted by Crippen LogP contribution is -2.36. The van der Waals surface area contributed by atoms with Crippen LogP contribution in [0.2, 0.25) is 5.15 Å². The van der Waals surface area contributed by atoms with Gasteiger partial charge >= 0.3 is 0 Å². The summed E-state index contributed by atoms with van der Waals surface area (Å²) in [5.74, 6) is -0.390. The molecule has 1 saturated heterocycles. The largest absolute Gasteiger partial charge is 0.378 e. The molecule has 9 nitrogen and oxygen atoms in total. The molecule has 0 unspecified atom stereocenters. The van der Waals surface area contributed by atoms with Gasteiger partial charge in [0.25, 0.3) is 5.91 Å². The fourth-order valence-electron chi connectivity index (χ4n) is 5.05. The number of hydrogen-bond acceptors (Lipinski definition) is 7. The first-order chi connectivity index (χ1) is 20.3. The second-order valence-electron chi connectivity index (χ2n) is 10.8. The topological polar surface area (TPSA) is 108 Å². The standard InChI is InChI=1S/C32H31ClN6O3/c1-32(2,31(41)36-21-4-7-24(8-5-21)39-13-15-42-16-14-39)20-3-10-26-28(17-20)38-30(40)25-9-6-22(18-27(25)37-26)35-23-11-12-34-29(33)19-23/h3-12,17-19,37H,13-16H2,1-2H3,(H,34,35)(H,36,41)(H,38,40). The molecule has 4 N–H and O–H groups in total. The number of ether oxygens (including phenoxy) is 1. The Kier molecular flexibility index (Phi) is 7.45. The molecule has 1 fully saturated rings. The lowest BCUT2D eigenvalue weighted by molar-refractivity contribution is -0.120. The molecule has 0 atom stereocenters. The van der Waals surface area contributed by atoms with Crippen molar-refractivity contribution in [3.05, 3.63) is 95.3 Å². The molecule has 0 bridgehead atoms. The van der Waals surface area contributed by atoms with Gasteiger partial charge < -0.3 is 30.9 Å². The van der Waals surface area contributed by atoms with Crippen molar-refractivity contribution in [1.29, 1.82) is 0 Å². The molecule has 0 saturated carbocycles. The Balaban J connectivity index is 1.18. The minimum absolute atomic E-state index is 0.148. The number of hydrogen-bond donors (Lipinski definition) is 4. The number of amides is 2. The molecule has 4 aromatic rings. The molecule has 42 heavy (non-hydrogen) atoms. The molecule has 2 aliphatic heterocycles. The molecule has 0 aliphatic carbocycles. The molecule has 0 spiro atoms. The Morgan fingerprint density at radius 1 is 0.881 bits per heavy atom. The van der Waals surface area contributed by atoms with E-state index in [1.807, 2.05) is 74.5 Å². The van der Waals surface area contributed by atoms with Crippen LogP contribution in [0.1, 0.15) is 29.8 Å². The maximum absolute atomic E-state index is 13.4. The summed E-state index contributed by atoms with van der Waals surface area (Å²) in [5.41, 5.74) is 5.78. The molecule has 10 heteroatoms. The Morgan fingerprint density at radius 3 is 2.38 bits per heavy atom. The van der Waals surface area contributed by atoms with E-state index in [2.05, 4.69) is 31.2 Å². The third kappa shape index (κ3) is 5.74. The van der Waals surface area contributed by atoms with E-state index < -0.39 is 5.41 Å². The van der Waals surface area contributed by atoms with Crippen molar-refractivity contribution in [2.45, 2.75) is 19.3 Å². The summed E-state index contributed by atoms with van der Waals surface area (Å²) >= 11 is 6.01. The van der Waals surface area contributed by atoms with Crippen molar-refractivity contribution in [2.75, 3.05) is 52.5 Å². The first-order valence-electron chi connectivity index (χ1n) is 13.8. The van der Waals surface area contributed by atoms with Gasteiger partial charge in [-0.3, -0.25) is 9.59 Å². The number of nitrogens with zero attached hydrogens (tertiary/aromatic N) is 2.